The molecule has 13 heteroatoms. The first kappa shape index (κ1) is 36.5. The number of anilines is 2. The van der Waals surface area contributed by atoms with Crippen LogP contribution in [-0.2, 0) is 16.0 Å². The van der Waals surface area contributed by atoms with Gasteiger partial charge in [-0.2, -0.15) is 0 Å². The molecular weight excluding hydrogens is 685 g/mol. The summed E-state index contributed by atoms with van der Waals surface area (Å²) in [7, 11) is 4.66. The van der Waals surface area contributed by atoms with Crippen molar-refractivity contribution in [3.05, 3.63) is 69.2 Å². The topological polar surface area (TPSA) is 146 Å². The van der Waals surface area contributed by atoms with Crippen molar-refractivity contribution in [2.45, 2.75) is 58.5 Å². The molecule has 2 amide bonds. The van der Waals surface area contributed by atoms with Gasteiger partial charge in [0.2, 0.25) is 23.0 Å². The number of amides is 2. The summed E-state index contributed by atoms with van der Waals surface area (Å²) < 4.78 is 28.8. The Morgan fingerprint density at radius 1 is 1.00 bits per heavy atom. The van der Waals surface area contributed by atoms with Gasteiger partial charge in [0.1, 0.15) is 6.04 Å². The summed E-state index contributed by atoms with van der Waals surface area (Å²) in [6.07, 6.45) is 2.60. The minimum atomic E-state index is -0.761. The molecule has 2 heterocycles. The second-order valence-electron chi connectivity index (χ2n) is 12.8. The smallest absolute Gasteiger partial charge is 0.248 e. The van der Waals surface area contributed by atoms with Gasteiger partial charge in [-0.15, -0.1) is 11.3 Å². The van der Waals surface area contributed by atoms with E-state index in [1.165, 1.54) is 24.3 Å². The van der Waals surface area contributed by atoms with E-state index in [0.29, 0.717) is 83.2 Å². The number of rotatable bonds is 11. The molecule has 2 aliphatic rings. The molecule has 52 heavy (non-hydrogen) atoms. The second kappa shape index (κ2) is 15.9. The number of carbonyl (C=O) groups excluding carboxylic acids is 2. The summed E-state index contributed by atoms with van der Waals surface area (Å²) in [5.74, 6) is 2.08. The standard InChI is InChI=1S/C39H44N4O8S/c1-7-21(2)35(38(46)43-39-42-29(20-52-39)23-10-14-31-32(17-23)51-16-8-15-50-31)41-28-13-11-25-26(19-30(28)45)27(40-22(3)44)12-9-24-18-33(47-4)36(48-5)37(49-6)34(24)25/h10-11,13-14,17-21,27,35H,7-9,12,15-16H2,1-6H3,(H,40,44)(H,41,45)(H,42,43,46)/t21-,27+,35+/m1/s1. The van der Waals surface area contributed by atoms with Crippen molar-refractivity contribution >= 4 is 34.0 Å². The number of thiazole rings is 1. The second-order valence-corrected chi connectivity index (χ2v) is 13.7. The van der Waals surface area contributed by atoms with Gasteiger partial charge in [0, 0.05) is 29.9 Å². The molecule has 4 aromatic rings. The molecule has 0 radical (unpaired) electrons. The van der Waals surface area contributed by atoms with E-state index in [0.717, 1.165) is 23.1 Å². The predicted octanol–water partition coefficient (Wildman–Crippen LogP) is 6.61. The highest BCUT2D eigenvalue weighted by atomic mass is 32.1. The number of hydrogen-bond donors (Lipinski definition) is 3. The Hall–Kier alpha value is -5.30. The van der Waals surface area contributed by atoms with Crippen LogP contribution >= 0.6 is 11.3 Å². The summed E-state index contributed by atoms with van der Waals surface area (Å²) in [5.41, 5.74) is 4.45. The van der Waals surface area contributed by atoms with Gasteiger partial charge in [-0.3, -0.25) is 14.4 Å². The maximum atomic E-state index is 14.0. The van der Waals surface area contributed by atoms with Crippen LogP contribution in [0.3, 0.4) is 0 Å². The molecule has 0 saturated heterocycles. The number of methoxy groups -OCH3 is 3. The maximum absolute atomic E-state index is 14.0. The lowest BCUT2D eigenvalue weighted by atomic mass is 9.95. The van der Waals surface area contributed by atoms with E-state index >= 15 is 0 Å². The molecule has 6 rings (SSSR count). The minimum absolute atomic E-state index is 0.145. The summed E-state index contributed by atoms with van der Waals surface area (Å²) in [5, 5.41) is 11.6. The molecule has 0 unspecified atom stereocenters. The molecule has 0 bridgehead atoms. The van der Waals surface area contributed by atoms with Gasteiger partial charge in [0.15, 0.2) is 28.1 Å². The van der Waals surface area contributed by atoms with Crippen LogP contribution in [0.25, 0.3) is 22.4 Å². The Kier molecular flexibility index (Phi) is 11.2. The van der Waals surface area contributed by atoms with Crippen LogP contribution in [0, 0.1) is 5.92 Å². The molecule has 0 spiro atoms. The monoisotopic (exact) mass is 728 g/mol. The van der Waals surface area contributed by atoms with E-state index < -0.39 is 12.1 Å². The van der Waals surface area contributed by atoms with Crippen molar-refractivity contribution in [1.29, 1.82) is 0 Å². The molecule has 1 aliphatic heterocycles. The van der Waals surface area contributed by atoms with Crippen LogP contribution in [0.15, 0.2) is 52.6 Å². The first-order valence-electron chi connectivity index (χ1n) is 17.4. The van der Waals surface area contributed by atoms with Crippen LogP contribution < -0.4 is 45.1 Å². The Bertz CT molecular complexity index is 2030. The van der Waals surface area contributed by atoms with Crippen molar-refractivity contribution in [3.63, 3.8) is 0 Å². The van der Waals surface area contributed by atoms with E-state index in [-0.39, 0.29) is 28.8 Å². The number of carbonyl (C=O) groups is 2. The number of nitrogens with one attached hydrogen (secondary N) is 3. The highest BCUT2D eigenvalue weighted by molar-refractivity contribution is 7.14. The lowest BCUT2D eigenvalue weighted by Gasteiger charge is -2.23. The Morgan fingerprint density at radius 2 is 1.77 bits per heavy atom. The maximum Gasteiger partial charge on any atom is 0.248 e. The molecule has 274 valence electrons. The summed E-state index contributed by atoms with van der Waals surface area (Å²) >= 11 is 1.31. The van der Waals surface area contributed by atoms with Gasteiger partial charge < -0.3 is 39.6 Å². The minimum Gasteiger partial charge on any atom is -0.493 e. The average Bonchev–Trinajstić information content (AvgIpc) is 3.30. The Balaban J connectivity index is 1.33. The molecule has 0 saturated carbocycles. The van der Waals surface area contributed by atoms with Crippen molar-refractivity contribution in [3.8, 4) is 51.1 Å². The molecule has 12 nitrogen and oxygen atoms in total. The molecule has 1 aromatic heterocycles. The summed E-state index contributed by atoms with van der Waals surface area (Å²) in [4.78, 5) is 45.0. The fraction of sp³-hybridized carbons (Fsp3) is 0.385. The lowest BCUT2D eigenvalue weighted by Crippen LogP contribution is -2.40. The van der Waals surface area contributed by atoms with E-state index in [2.05, 4.69) is 20.9 Å². The zero-order valence-electron chi connectivity index (χ0n) is 30.2. The third-order valence-electron chi connectivity index (χ3n) is 9.50. The van der Waals surface area contributed by atoms with Crippen LogP contribution in [0.5, 0.6) is 28.7 Å². The van der Waals surface area contributed by atoms with Gasteiger partial charge in [-0.1, -0.05) is 26.3 Å². The van der Waals surface area contributed by atoms with Gasteiger partial charge >= 0.3 is 0 Å². The number of aryl methyl sites for hydroxylation is 1. The summed E-state index contributed by atoms with van der Waals surface area (Å²) in [6, 6.07) is 11.4. The molecule has 3 atom stereocenters. The zero-order valence-corrected chi connectivity index (χ0v) is 31.0. The average molecular weight is 729 g/mol. The van der Waals surface area contributed by atoms with Gasteiger partial charge in [0.25, 0.3) is 0 Å². The molecule has 1 aliphatic carbocycles. The van der Waals surface area contributed by atoms with E-state index in [1.807, 2.05) is 49.6 Å². The third-order valence-corrected chi connectivity index (χ3v) is 10.3. The van der Waals surface area contributed by atoms with Crippen molar-refractivity contribution in [2.24, 2.45) is 5.92 Å². The van der Waals surface area contributed by atoms with Crippen LogP contribution in [0.2, 0.25) is 0 Å². The highest BCUT2D eigenvalue weighted by Crippen LogP contribution is 2.50. The fourth-order valence-electron chi connectivity index (χ4n) is 6.67. The SMILES string of the molecule is CC[C@@H](C)[C@H](Nc1ccc2c(cc1=O)[C@@H](NC(C)=O)CCc1cc(OC)c(OC)c(OC)c1-2)C(=O)Nc1nc(-c2ccc3c(c2)OCCCO3)cs1. The number of fused-ring (bicyclic) bond motifs is 4. The summed E-state index contributed by atoms with van der Waals surface area (Å²) in [6.45, 7) is 6.59. The van der Waals surface area contributed by atoms with Crippen LogP contribution in [0.1, 0.15) is 57.2 Å². The van der Waals surface area contributed by atoms with Gasteiger partial charge in [-0.25, -0.2) is 4.98 Å². The van der Waals surface area contributed by atoms with E-state index in [4.69, 9.17) is 23.7 Å². The van der Waals surface area contributed by atoms with Gasteiger partial charge in [0.05, 0.1) is 52.0 Å². The number of benzene rings is 2. The van der Waals surface area contributed by atoms with E-state index in [1.54, 1.807) is 27.4 Å². The highest BCUT2D eigenvalue weighted by Gasteiger charge is 2.31. The Morgan fingerprint density at radius 3 is 2.48 bits per heavy atom. The van der Waals surface area contributed by atoms with Gasteiger partial charge in [-0.05, 0) is 71.8 Å². The number of ether oxygens (including phenoxy) is 5. The molecule has 0 fully saturated rings. The molecule has 3 aromatic carbocycles. The molecule has 3 N–H and O–H groups in total. The van der Waals surface area contributed by atoms with E-state index in [9.17, 15) is 14.4 Å². The third kappa shape index (κ3) is 7.50. The fourth-order valence-corrected chi connectivity index (χ4v) is 7.39. The zero-order chi connectivity index (χ0) is 36.9. The number of nitrogens with zero attached hydrogens (tertiary/aromatic N) is 1. The normalized spacial score (nSPS) is 15.8. The first-order valence-corrected chi connectivity index (χ1v) is 18.2. The largest absolute Gasteiger partial charge is 0.493 e. The van der Waals surface area contributed by atoms with Crippen molar-refractivity contribution in [1.82, 2.24) is 10.3 Å². The van der Waals surface area contributed by atoms with Crippen LogP contribution in [-0.4, -0.2) is 57.4 Å². The van der Waals surface area contributed by atoms with Crippen LogP contribution in [0.4, 0.5) is 10.8 Å². The predicted molar refractivity (Wildman–Crippen MR) is 201 cm³/mol. The van der Waals surface area contributed by atoms with Crippen molar-refractivity contribution in [2.75, 3.05) is 45.2 Å². The number of hydrogen-bond acceptors (Lipinski definition) is 11. The molecular formula is C39H44N4O8S. The quantitative estimate of drug-likeness (QED) is 0.154. The number of aromatic nitrogens is 1. The van der Waals surface area contributed by atoms with Crippen molar-refractivity contribution < 1.29 is 33.3 Å². The Labute approximate surface area is 306 Å². The lowest BCUT2D eigenvalue weighted by molar-refractivity contribution is -0.120. The first-order chi connectivity index (χ1) is 25.1.